The summed E-state index contributed by atoms with van der Waals surface area (Å²) < 4.78 is 0. The van der Waals surface area contributed by atoms with Crippen LogP contribution in [0, 0.1) is 34.1 Å². The molecule has 0 bridgehead atoms. The van der Waals surface area contributed by atoms with Gasteiger partial charge in [0.2, 0.25) is 0 Å². The summed E-state index contributed by atoms with van der Waals surface area (Å²) in [5.74, 6) is -0.159. The molecule has 0 saturated carbocycles. The number of nitrogens with zero attached hydrogens (tertiary/aromatic N) is 2. The molecule has 7 nitrogen and oxygen atoms in total. The first-order chi connectivity index (χ1) is 9.27. The zero-order chi connectivity index (χ0) is 15.6. The number of nitro groups is 2. The van der Waals surface area contributed by atoms with Crippen LogP contribution < -0.4 is 5.73 Å². The molecule has 1 aromatic carbocycles. The summed E-state index contributed by atoms with van der Waals surface area (Å²) in [6.07, 6.45) is 1.28. The number of nitrogens with two attached hydrogens (primary N) is 1. The van der Waals surface area contributed by atoms with Crippen LogP contribution in [0.3, 0.4) is 0 Å². The Morgan fingerprint density at radius 1 is 1.00 bits per heavy atom. The van der Waals surface area contributed by atoms with Gasteiger partial charge in [0.15, 0.2) is 0 Å². The molecule has 0 unspecified atom stereocenters. The van der Waals surface area contributed by atoms with Crippen molar-refractivity contribution in [3.8, 4) is 0 Å². The van der Waals surface area contributed by atoms with Crippen LogP contribution in [0.2, 0.25) is 0 Å². The Bertz CT molecular complexity index is 565. The lowest BCUT2D eigenvalue weighted by Crippen LogP contribution is -2.11. The second kappa shape index (κ2) is 5.85. The molecule has 0 fully saturated rings. The Morgan fingerprint density at radius 2 is 1.45 bits per heavy atom. The molecule has 0 aromatic heterocycles. The van der Waals surface area contributed by atoms with E-state index in [-0.39, 0.29) is 11.5 Å². The van der Waals surface area contributed by atoms with E-state index in [0.717, 1.165) is 0 Å². The molecule has 1 rings (SSSR count). The van der Waals surface area contributed by atoms with Gasteiger partial charge in [-0.05, 0) is 38.2 Å². The predicted molar refractivity (Wildman–Crippen MR) is 77.0 cm³/mol. The van der Waals surface area contributed by atoms with Gasteiger partial charge in [0.1, 0.15) is 0 Å². The SMILES string of the molecule is CCC(CC)c1c(N)c(C)c(C)c([N+](=O)[O-])c1[N+](=O)[O-]. The molecule has 0 atom stereocenters. The molecule has 0 radical (unpaired) electrons. The minimum Gasteiger partial charge on any atom is -0.398 e. The van der Waals surface area contributed by atoms with Crippen molar-refractivity contribution >= 4 is 17.1 Å². The van der Waals surface area contributed by atoms with E-state index >= 15 is 0 Å². The lowest BCUT2D eigenvalue weighted by molar-refractivity contribution is -0.423. The molecule has 20 heavy (non-hydrogen) atoms. The lowest BCUT2D eigenvalue weighted by Gasteiger charge is -2.18. The molecule has 0 aliphatic rings. The van der Waals surface area contributed by atoms with Gasteiger partial charge in [0.05, 0.1) is 15.4 Å². The standard InChI is InChI=1S/C13H19N3O4/c1-5-9(6-2)10-11(14)7(3)8(4)12(15(17)18)13(10)16(19)20/h9H,5-6,14H2,1-4H3. The van der Waals surface area contributed by atoms with Crippen LogP contribution in [-0.2, 0) is 0 Å². The van der Waals surface area contributed by atoms with Crippen molar-refractivity contribution in [1.82, 2.24) is 0 Å². The Labute approximate surface area is 117 Å². The maximum atomic E-state index is 11.3. The first kappa shape index (κ1) is 15.9. The van der Waals surface area contributed by atoms with Gasteiger partial charge in [-0.15, -0.1) is 0 Å². The molecule has 0 amide bonds. The highest BCUT2D eigenvalue weighted by Crippen LogP contribution is 2.45. The van der Waals surface area contributed by atoms with Gasteiger partial charge >= 0.3 is 11.4 Å². The van der Waals surface area contributed by atoms with Crippen molar-refractivity contribution in [3.63, 3.8) is 0 Å². The van der Waals surface area contributed by atoms with Crippen LogP contribution in [0.25, 0.3) is 0 Å². The van der Waals surface area contributed by atoms with E-state index in [4.69, 9.17) is 5.73 Å². The Kier molecular flexibility index (Phi) is 4.65. The highest BCUT2D eigenvalue weighted by molar-refractivity contribution is 5.75. The van der Waals surface area contributed by atoms with Crippen molar-refractivity contribution in [2.24, 2.45) is 0 Å². The topological polar surface area (TPSA) is 112 Å². The van der Waals surface area contributed by atoms with E-state index in [1.54, 1.807) is 6.92 Å². The van der Waals surface area contributed by atoms with Crippen molar-refractivity contribution in [1.29, 1.82) is 0 Å². The van der Waals surface area contributed by atoms with E-state index in [1.165, 1.54) is 6.92 Å². The van der Waals surface area contributed by atoms with Gasteiger partial charge < -0.3 is 5.73 Å². The van der Waals surface area contributed by atoms with Crippen molar-refractivity contribution in [2.75, 3.05) is 5.73 Å². The largest absolute Gasteiger partial charge is 0.398 e. The zero-order valence-electron chi connectivity index (χ0n) is 12.1. The first-order valence-corrected chi connectivity index (χ1v) is 6.49. The van der Waals surface area contributed by atoms with Gasteiger partial charge in [0, 0.05) is 11.3 Å². The maximum absolute atomic E-state index is 11.3. The summed E-state index contributed by atoms with van der Waals surface area (Å²) in [6.45, 7) is 6.93. The molecular weight excluding hydrogens is 262 g/mol. The number of hydrogen-bond donors (Lipinski definition) is 1. The van der Waals surface area contributed by atoms with E-state index < -0.39 is 21.2 Å². The number of nitro benzene ring substituents is 2. The van der Waals surface area contributed by atoms with Gasteiger partial charge in [0.25, 0.3) is 0 Å². The quantitative estimate of drug-likeness (QED) is 0.503. The van der Waals surface area contributed by atoms with Gasteiger partial charge in [-0.25, -0.2) is 0 Å². The molecule has 0 aliphatic heterocycles. The van der Waals surface area contributed by atoms with Crippen LogP contribution in [-0.4, -0.2) is 9.85 Å². The molecule has 0 saturated heterocycles. The minimum absolute atomic E-state index is 0.159. The fourth-order valence-electron chi connectivity index (χ4n) is 2.53. The summed E-state index contributed by atoms with van der Waals surface area (Å²) in [5, 5.41) is 22.6. The average molecular weight is 281 g/mol. The van der Waals surface area contributed by atoms with Gasteiger partial charge in [-0.1, -0.05) is 13.8 Å². The van der Waals surface area contributed by atoms with Crippen molar-refractivity contribution in [3.05, 3.63) is 36.9 Å². The predicted octanol–water partition coefficient (Wildman–Crippen LogP) is 3.61. The van der Waals surface area contributed by atoms with Crippen LogP contribution >= 0.6 is 0 Å². The number of rotatable bonds is 5. The monoisotopic (exact) mass is 281 g/mol. The molecule has 1 aromatic rings. The number of benzene rings is 1. The second-order valence-electron chi connectivity index (χ2n) is 4.80. The summed E-state index contributed by atoms with van der Waals surface area (Å²) >= 11 is 0. The fraction of sp³-hybridized carbons (Fsp3) is 0.538. The Balaban J connectivity index is 3.90. The molecular formula is C13H19N3O4. The van der Waals surface area contributed by atoms with Crippen LogP contribution in [0.4, 0.5) is 17.1 Å². The minimum atomic E-state index is -0.689. The molecule has 0 spiro atoms. The zero-order valence-corrected chi connectivity index (χ0v) is 12.1. The van der Waals surface area contributed by atoms with Gasteiger partial charge in [-0.3, -0.25) is 20.2 Å². The van der Waals surface area contributed by atoms with Crippen molar-refractivity contribution in [2.45, 2.75) is 46.5 Å². The van der Waals surface area contributed by atoms with Crippen molar-refractivity contribution < 1.29 is 9.85 Å². The highest BCUT2D eigenvalue weighted by atomic mass is 16.6. The average Bonchev–Trinajstić information content (AvgIpc) is 2.38. The Morgan fingerprint density at radius 3 is 1.80 bits per heavy atom. The summed E-state index contributed by atoms with van der Waals surface area (Å²) in [7, 11) is 0. The van der Waals surface area contributed by atoms with E-state index in [1.807, 2.05) is 13.8 Å². The number of anilines is 1. The molecule has 0 heterocycles. The number of nitrogen functional groups attached to an aromatic ring is 1. The highest BCUT2D eigenvalue weighted by Gasteiger charge is 2.36. The Hall–Kier alpha value is -2.18. The normalized spacial score (nSPS) is 10.8. The summed E-state index contributed by atoms with van der Waals surface area (Å²) in [5.41, 5.74) is 6.52. The number of hydrogen-bond acceptors (Lipinski definition) is 5. The molecule has 0 aliphatic carbocycles. The third kappa shape index (κ3) is 2.43. The first-order valence-electron chi connectivity index (χ1n) is 6.49. The van der Waals surface area contributed by atoms with Gasteiger partial charge in [-0.2, -0.15) is 0 Å². The smallest absolute Gasteiger partial charge is 0.351 e. The lowest BCUT2D eigenvalue weighted by atomic mass is 9.87. The fourth-order valence-corrected chi connectivity index (χ4v) is 2.53. The van der Waals surface area contributed by atoms with E-state index in [0.29, 0.717) is 29.7 Å². The van der Waals surface area contributed by atoms with Crippen LogP contribution in [0.5, 0.6) is 0 Å². The molecule has 110 valence electrons. The molecule has 7 heteroatoms. The third-order valence-corrected chi connectivity index (χ3v) is 3.85. The van der Waals surface area contributed by atoms with E-state index in [9.17, 15) is 20.2 Å². The second-order valence-corrected chi connectivity index (χ2v) is 4.80. The maximum Gasteiger partial charge on any atom is 0.351 e. The third-order valence-electron chi connectivity index (χ3n) is 3.85. The van der Waals surface area contributed by atoms with E-state index in [2.05, 4.69) is 0 Å². The molecule has 2 N–H and O–H groups in total. The summed E-state index contributed by atoms with van der Waals surface area (Å²) in [6, 6.07) is 0. The summed E-state index contributed by atoms with van der Waals surface area (Å²) in [4.78, 5) is 21.2. The van der Waals surface area contributed by atoms with Crippen LogP contribution in [0.15, 0.2) is 0 Å². The van der Waals surface area contributed by atoms with Crippen LogP contribution in [0.1, 0.15) is 49.3 Å².